The lowest BCUT2D eigenvalue weighted by atomic mass is 9.79. The van der Waals surface area contributed by atoms with Gasteiger partial charge < -0.3 is 16.0 Å². The molecule has 3 N–H and O–H groups in total. The first-order chi connectivity index (χ1) is 18.3. The number of piperidine rings is 1. The summed E-state index contributed by atoms with van der Waals surface area (Å²) in [5, 5.41) is 4.52. The third kappa shape index (κ3) is 4.40. The summed E-state index contributed by atoms with van der Waals surface area (Å²) in [5.74, 6) is -0.543. The van der Waals surface area contributed by atoms with Crippen LogP contribution in [0.5, 0.6) is 0 Å². The van der Waals surface area contributed by atoms with Gasteiger partial charge in [-0.1, -0.05) is 31.6 Å². The van der Waals surface area contributed by atoms with E-state index in [1.165, 1.54) is 12.0 Å². The van der Waals surface area contributed by atoms with Crippen molar-refractivity contribution in [3.8, 4) is 0 Å². The topological polar surface area (TPSA) is 92.3 Å². The molecule has 9 heteroatoms. The highest BCUT2D eigenvalue weighted by Crippen LogP contribution is 2.61. The summed E-state index contributed by atoms with van der Waals surface area (Å²) < 4.78 is 28.0. The summed E-state index contributed by atoms with van der Waals surface area (Å²) in [4.78, 5) is 21.4. The van der Waals surface area contributed by atoms with Crippen molar-refractivity contribution < 1.29 is 8.78 Å². The first-order valence-corrected chi connectivity index (χ1v) is 13.7. The Morgan fingerprint density at radius 1 is 1.13 bits per heavy atom. The fraction of sp³-hybridized carbons (Fsp3) is 0.517. The molecule has 0 bridgehead atoms. The molecule has 0 radical (unpaired) electrons. The van der Waals surface area contributed by atoms with E-state index in [9.17, 15) is 8.78 Å². The Kier molecular flexibility index (Phi) is 6.29. The van der Waals surface area contributed by atoms with Gasteiger partial charge in [0.25, 0.3) is 5.92 Å². The normalized spacial score (nSPS) is 25.9. The van der Waals surface area contributed by atoms with E-state index in [0.717, 1.165) is 55.5 Å². The molecular formula is C29H35F2N7. The van der Waals surface area contributed by atoms with E-state index < -0.39 is 11.3 Å². The largest absolute Gasteiger partial charge is 0.383 e. The molecule has 1 atom stereocenters. The molecule has 2 aromatic rings. The number of hydrogen-bond acceptors (Lipinski definition) is 7. The number of nitrogens with zero attached hydrogens (tertiary/aromatic N) is 5. The van der Waals surface area contributed by atoms with Crippen LogP contribution in [0.3, 0.4) is 0 Å². The zero-order valence-electron chi connectivity index (χ0n) is 22.1. The molecule has 2 aliphatic heterocycles. The van der Waals surface area contributed by atoms with Crippen LogP contribution in [-0.2, 0) is 0 Å². The van der Waals surface area contributed by atoms with Gasteiger partial charge >= 0.3 is 0 Å². The van der Waals surface area contributed by atoms with Gasteiger partial charge in [0.2, 0.25) is 0 Å². The number of pyridine rings is 1. The summed E-state index contributed by atoms with van der Waals surface area (Å²) in [7, 11) is 2.12. The van der Waals surface area contributed by atoms with Crippen molar-refractivity contribution >= 4 is 28.5 Å². The zero-order valence-corrected chi connectivity index (χ0v) is 22.1. The number of alkyl halides is 2. The summed E-state index contributed by atoms with van der Waals surface area (Å²) in [6, 6.07) is 0.355. The van der Waals surface area contributed by atoms with Gasteiger partial charge in [0.15, 0.2) is 5.82 Å². The highest BCUT2D eigenvalue weighted by atomic mass is 19.3. The van der Waals surface area contributed by atoms with Crippen LogP contribution in [0.4, 0.5) is 14.6 Å². The second-order valence-electron chi connectivity index (χ2n) is 11.3. The van der Waals surface area contributed by atoms with E-state index in [0.29, 0.717) is 35.4 Å². The van der Waals surface area contributed by atoms with E-state index in [-0.39, 0.29) is 12.2 Å². The number of aliphatic imine (C=N–C) groups is 1. The number of hydrogen-bond donors (Lipinski definition) is 2. The van der Waals surface area contributed by atoms with E-state index in [1.54, 1.807) is 25.3 Å². The zero-order chi connectivity index (χ0) is 26.5. The van der Waals surface area contributed by atoms with Crippen LogP contribution < -0.4 is 16.0 Å². The fourth-order valence-corrected chi connectivity index (χ4v) is 5.75. The molecule has 1 saturated heterocycles. The lowest BCUT2D eigenvalue weighted by Gasteiger charge is -2.34. The number of nitrogens with two attached hydrogens (primary N) is 1. The van der Waals surface area contributed by atoms with Gasteiger partial charge in [-0.25, -0.2) is 23.7 Å². The fourth-order valence-electron chi connectivity index (χ4n) is 5.75. The Morgan fingerprint density at radius 2 is 1.89 bits per heavy atom. The molecule has 2 aliphatic carbocycles. The van der Waals surface area contributed by atoms with Gasteiger partial charge in [-0.05, 0) is 50.3 Å². The van der Waals surface area contributed by atoms with Crippen molar-refractivity contribution in [3.63, 3.8) is 0 Å². The van der Waals surface area contributed by atoms with Crippen LogP contribution in [0.15, 0.2) is 47.0 Å². The molecule has 0 amide bonds. The highest BCUT2D eigenvalue weighted by Gasteiger charge is 2.66. The number of fused-ring (bicyclic) bond motifs is 1. The molecule has 1 unspecified atom stereocenters. The van der Waals surface area contributed by atoms with E-state index in [1.807, 2.05) is 18.5 Å². The second kappa shape index (κ2) is 9.52. The number of aromatic nitrogens is 3. The molecule has 2 saturated carbocycles. The lowest BCUT2D eigenvalue weighted by Crippen LogP contribution is -2.41. The number of anilines is 1. The minimum atomic E-state index is -2.70. The first-order valence-electron chi connectivity index (χ1n) is 13.7. The van der Waals surface area contributed by atoms with Crippen molar-refractivity contribution in [1.82, 2.24) is 20.3 Å². The number of halogens is 2. The van der Waals surface area contributed by atoms with Crippen LogP contribution in [0, 0.1) is 5.41 Å². The standard InChI is InChI=1S/C29H35F2N7/c1-28(17-29(28,30)31)11-8-20-21(7-4-12-35-25(20)32)26-36-23-16-34-15-22(18-5-3-6-18)24(23)27(37-26)38(2)19-9-13-33-14-10-19/h7-8,11-12,15-16,18-19,33H,3-6,9-10,13-14,17,32H2,1-2H3/b11-8+. The number of nitrogens with one attached hydrogen (secondary N) is 1. The molecule has 38 heavy (non-hydrogen) atoms. The first kappa shape index (κ1) is 25.1. The molecule has 6 rings (SSSR count). The van der Waals surface area contributed by atoms with Crippen molar-refractivity contribution in [2.75, 3.05) is 25.0 Å². The van der Waals surface area contributed by atoms with E-state index >= 15 is 0 Å². The summed E-state index contributed by atoms with van der Waals surface area (Å²) in [6.07, 6.45) is 16.7. The summed E-state index contributed by atoms with van der Waals surface area (Å²) in [6.45, 7) is 3.51. The van der Waals surface area contributed by atoms with Gasteiger partial charge in [0.05, 0.1) is 17.1 Å². The molecule has 3 fully saturated rings. The maximum Gasteiger partial charge on any atom is 0.258 e. The lowest BCUT2D eigenvalue weighted by molar-refractivity contribution is 0.0845. The highest BCUT2D eigenvalue weighted by molar-refractivity contribution is 5.95. The van der Waals surface area contributed by atoms with Crippen LogP contribution in [0.1, 0.15) is 69.2 Å². The Hall–Kier alpha value is -3.20. The Morgan fingerprint density at radius 3 is 2.58 bits per heavy atom. The molecule has 4 heterocycles. The SMILES string of the molecule is CN(c1nc(C2=CCC=NC(N)=C2/C=C/C2(C)CC2(F)F)nc2cncc(C3CCC3)c12)C1CCNCC1. The van der Waals surface area contributed by atoms with Gasteiger partial charge in [-0.2, -0.15) is 0 Å². The van der Waals surface area contributed by atoms with E-state index in [4.69, 9.17) is 15.7 Å². The molecule has 0 spiro atoms. The van der Waals surface area contributed by atoms with Crippen LogP contribution in [-0.4, -0.2) is 53.3 Å². The third-order valence-corrected chi connectivity index (χ3v) is 8.73. The molecule has 200 valence electrons. The molecule has 4 aliphatic rings. The van der Waals surface area contributed by atoms with Gasteiger partial charge in [-0.15, -0.1) is 0 Å². The minimum Gasteiger partial charge on any atom is -0.383 e. The average molecular weight is 520 g/mol. The van der Waals surface area contributed by atoms with Crippen LogP contribution in [0.2, 0.25) is 0 Å². The summed E-state index contributed by atoms with van der Waals surface area (Å²) in [5.41, 5.74) is 8.47. The number of rotatable bonds is 6. The second-order valence-corrected chi connectivity index (χ2v) is 11.3. The predicted octanol–water partition coefficient (Wildman–Crippen LogP) is 5.11. The van der Waals surface area contributed by atoms with Crippen molar-refractivity contribution in [2.24, 2.45) is 16.1 Å². The summed E-state index contributed by atoms with van der Waals surface area (Å²) >= 11 is 0. The predicted molar refractivity (Wildman–Crippen MR) is 147 cm³/mol. The van der Waals surface area contributed by atoms with Gasteiger partial charge in [-0.3, -0.25) is 4.98 Å². The van der Waals surface area contributed by atoms with Gasteiger partial charge in [0.1, 0.15) is 11.6 Å². The molecule has 2 aromatic heterocycles. The monoisotopic (exact) mass is 519 g/mol. The Bertz CT molecular complexity index is 1370. The van der Waals surface area contributed by atoms with Crippen molar-refractivity contribution in [2.45, 2.75) is 69.8 Å². The minimum absolute atomic E-state index is 0.167. The van der Waals surface area contributed by atoms with E-state index in [2.05, 4.69) is 27.2 Å². The Balaban J connectivity index is 1.48. The molecule has 7 nitrogen and oxygen atoms in total. The third-order valence-electron chi connectivity index (χ3n) is 8.73. The molecular weight excluding hydrogens is 484 g/mol. The maximum atomic E-state index is 14.0. The van der Waals surface area contributed by atoms with Crippen molar-refractivity contribution in [3.05, 3.63) is 53.4 Å². The molecule has 0 aromatic carbocycles. The van der Waals surface area contributed by atoms with Crippen LogP contribution >= 0.6 is 0 Å². The smallest absolute Gasteiger partial charge is 0.258 e. The van der Waals surface area contributed by atoms with Crippen molar-refractivity contribution in [1.29, 1.82) is 0 Å². The Labute approximate surface area is 222 Å². The number of allylic oxidation sites excluding steroid dienone is 5. The van der Waals surface area contributed by atoms with Crippen LogP contribution in [0.25, 0.3) is 16.5 Å². The maximum absolute atomic E-state index is 14.0. The quantitative estimate of drug-likeness (QED) is 0.551. The average Bonchev–Trinajstić information content (AvgIpc) is 3.46. The van der Waals surface area contributed by atoms with Gasteiger partial charge in [0, 0.05) is 54.9 Å².